The van der Waals surface area contributed by atoms with E-state index in [0.717, 1.165) is 0 Å². The molecule has 19 heavy (non-hydrogen) atoms. The van der Waals surface area contributed by atoms with Crippen LogP contribution in [0.4, 0.5) is 5.69 Å². The number of ether oxygens (including phenoxy) is 3. The van der Waals surface area contributed by atoms with Crippen molar-refractivity contribution in [2.45, 2.75) is 20.0 Å². The Labute approximate surface area is 117 Å². The van der Waals surface area contributed by atoms with Gasteiger partial charge in [-0.2, -0.15) is 0 Å². The Morgan fingerprint density at radius 3 is 2.74 bits per heavy atom. The van der Waals surface area contributed by atoms with Crippen molar-refractivity contribution in [3.63, 3.8) is 0 Å². The zero-order valence-corrected chi connectivity index (χ0v) is 12.0. The molecule has 0 radical (unpaired) electrons. The van der Waals surface area contributed by atoms with E-state index in [1.165, 1.54) is 12.1 Å². The largest absolute Gasteiger partial charge is 0.486 e. The highest BCUT2D eigenvalue weighted by atomic mass is 35.5. The van der Waals surface area contributed by atoms with Crippen molar-refractivity contribution < 1.29 is 19.0 Å². The first kappa shape index (κ1) is 15.6. The molecule has 0 heterocycles. The van der Waals surface area contributed by atoms with Gasteiger partial charge >= 0.3 is 5.97 Å². The molecule has 0 aliphatic rings. The zero-order chi connectivity index (χ0) is 14.4. The molecule has 0 aromatic heterocycles. The topological polar surface area (TPSA) is 70.8 Å². The van der Waals surface area contributed by atoms with Gasteiger partial charge in [-0.3, -0.25) is 0 Å². The number of methoxy groups -OCH3 is 1. The molecule has 1 aromatic rings. The molecule has 106 valence electrons. The van der Waals surface area contributed by atoms with Crippen LogP contribution in [0.3, 0.4) is 0 Å². The molecule has 0 spiro atoms. The number of hydrogen-bond donors (Lipinski definition) is 1. The summed E-state index contributed by atoms with van der Waals surface area (Å²) >= 11 is 6.07. The molecule has 1 rings (SSSR count). The normalized spacial score (nSPS) is 12.0. The van der Waals surface area contributed by atoms with E-state index in [2.05, 4.69) is 0 Å². The smallest absolute Gasteiger partial charge is 0.342 e. The van der Waals surface area contributed by atoms with Gasteiger partial charge in [0.1, 0.15) is 11.7 Å². The average molecular weight is 288 g/mol. The van der Waals surface area contributed by atoms with E-state index < -0.39 is 5.97 Å². The summed E-state index contributed by atoms with van der Waals surface area (Å²) in [6.45, 7) is 4.17. The minimum Gasteiger partial charge on any atom is -0.486 e. The van der Waals surface area contributed by atoms with Crippen LogP contribution in [0.25, 0.3) is 0 Å². The molecule has 0 saturated heterocycles. The summed E-state index contributed by atoms with van der Waals surface area (Å²) < 4.78 is 15.6. The first-order chi connectivity index (χ1) is 8.99. The number of nitrogen functional groups attached to an aromatic ring is 1. The van der Waals surface area contributed by atoms with Crippen molar-refractivity contribution in [3.8, 4) is 5.75 Å². The van der Waals surface area contributed by atoms with Gasteiger partial charge in [-0.05, 0) is 26.0 Å². The summed E-state index contributed by atoms with van der Waals surface area (Å²) in [7, 11) is 1.57. The maximum atomic E-state index is 11.9. The van der Waals surface area contributed by atoms with E-state index in [9.17, 15) is 4.79 Å². The van der Waals surface area contributed by atoms with Crippen LogP contribution in [0.15, 0.2) is 12.1 Å². The van der Waals surface area contributed by atoms with Crippen molar-refractivity contribution in [2.75, 3.05) is 26.1 Å². The Bertz CT molecular complexity index is 451. The van der Waals surface area contributed by atoms with Crippen LogP contribution in [-0.4, -0.2) is 32.4 Å². The van der Waals surface area contributed by atoms with Crippen LogP contribution >= 0.6 is 11.6 Å². The maximum absolute atomic E-state index is 11.9. The molecule has 1 atom stereocenters. The van der Waals surface area contributed by atoms with Crippen LogP contribution in [0.5, 0.6) is 5.75 Å². The number of halogens is 1. The maximum Gasteiger partial charge on any atom is 0.342 e. The van der Waals surface area contributed by atoms with E-state index in [4.69, 9.17) is 31.5 Å². The van der Waals surface area contributed by atoms with E-state index in [-0.39, 0.29) is 29.0 Å². The Morgan fingerprint density at radius 1 is 1.47 bits per heavy atom. The summed E-state index contributed by atoms with van der Waals surface area (Å²) in [4.78, 5) is 11.9. The number of esters is 1. The Morgan fingerprint density at radius 2 is 2.16 bits per heavy atom. The summed E-state index contributed by atoms with van der Waals surface area (Å²) in [5, 5.41) is 0.269. The van der Waals surface area contributed by atoms with E-state index in [0.29, 0.717) is 12.3 Å². The predicted octanol–water partition coefficient (Wildman–Crippen LogP) is 2.51. The fourth-order valence-corrected chi connectivity index (χ4v) is 1.84. The summed E-state index contributed by atoms with van der Waals surface area (Å²) in [6.07, 6.45) is -0.251. The van der Waals surface area contributed by atoms with Gasteiger partial charge in [0, 0.05) is 12.8 Å². The van der Waals surface area contributed by atoms with Crippen molar-refractivity contribution in [1.82, 2.24) is 0 Å². The van der Waals surface area contributed by atoms with Crippen LogP contribution in [0.2, 0.25) is 5.02 Å². The monoisotopic (exact) mass is 287 g/mol. The Hall–Kier alpha value is -1.46. The van der Waals surface area contributed by atoms with Crippen molar-refractivity contribution in [3.05, 3.63) is 22.7 Å². The number of rotatable bonds is 6. The van der Waals surface area contributed by atoms with Crippen molar-refractivity contribution >= 4 is 23.3 Å². The SMILES string of the molecule is CCOC(=O)c1cc(N)cc(Cl)c1OC(C)COC. The van der Waals surface area contributed by atoms with E-state index in [1.807, 2.05) is 6.92 Å². The van der Waals surface area contributed by atoms with Crippen LogP contribution in [0, 0.1) is 0 Å². The second-order valence-corrected chi connectivity index (χ2v) is 4.39. The second kappa shape index (κ2) is 7.21. The molecule has 5 nitrogen and oxygen atoms in total. The molecule has 0 saturated carbocycles. The van der Waals surface area contributed by atoms with Gasteiger partial charge in [-0.25, -0.2) is 4.79 Å². The molecular formula is C13H18ClNO4. The minimum absolute atomic E-state index is 0.217. The third kappa shape index (κ3) is 4.29. The Balaban J connectivity index is 3.09. The van der Waals surface area contributed by atoms with Crippen molar-refractivity contribution in [2.24, 2.45) is 0 Å². The highest BCUT2D eigenvalue weighted by molar-refractivity contribution is 6.33. The number of nitrogens with two attached hydrogens (primary N) is 1. The highest BCUT2D eigenvalue weighted by Crippen LogP contribution is 2.33. The molecular weight excluding hydrogens is 270 g/mol. The zero-order valence-electron chi connectivity index (χ0n) is 11.2. The fourth-order valence-electron chi connectivity index (χ4n) is 1.56. The lowest BCUT2D eigenvalue weighted by atomic mass is 10.1. The number of hydrogen-bond acceptors (Lipinski definition) is 5. The molecule has 2 N–H and O–H groups in total. The quantitative estimate of drug-likeness (QED) is 0.643. The first-order valence-corrected chi connectivity index (χ1v) is 6.29. The molecule has 6 heteroatoms. The lowest BCUT2D eigenvalue weighted by Crippen LogP contribution is -2.20. The molecule has 0 aliphatic carbocycles. The van der Waals surface area contributed by atoms with E-state index >= 15 is 0 Å². The van der Waals surface area contributed by atoms with Gasteiger partial charge in [0.15, 0.2) is 5.75 Å². The standard InChI is InChI=1S/C13H18ClNO4/c1-4-18-13(16)10-5-9(15)6-11(14)12(10)19-8(2)7-17-3/h5-6,8H,4,7,15H2,1-3H3. The summed E-state index contributed by atoms with van der Waals surface area (Å²) in [5.74, 6) is -0.254. The molecule has 0 amide bonds. The number of benzene rings is 1. The lowest BCUT2D eigenvalue weighted by Gasteiger charge is -2.18. The minimum atomic E-state index is -0.517. The predicted molar refractivity (Wildman–Crippen MR) is 73.8 cm³/mol. The lowest BCUT2D eigenvalue weighted by molar-refractivity contribution is 0.0511. The molecule has 0 aliphatic heterocycles. The number of carbonyl (C=O) groups is 1. The second-order valence-electron chi connectivity index (χ2n) is 3.98. The third-order valence-electron chi connectivity index (χ3n) is 2.28. The van der Waals surface area contributed by atoms with Crippen LogP contribution in [-0.2, 0) is 9.47 Å². The Kier molecular flexibility index (Phi) is 5.92. The molecule has 1 unspecified atom stereocenters. The van der Waals surface area contributed by atoms with Gasteiger partial charge < -0.3 is 19.9 Å². The molecule has 1 aromatic carbocycles. The van der Waals surface area contributed by atoms with Crippen LogP contribution in [0.1, 0.15) is 24.2 Å². The average Bonchev–Trinajstić information content (AvgIpc) is 2.33. The highest BCUT2D eigenvalue weighted by Gasteiger charge is 2.20. The van der Waals surface area contributed by atoms with Crippen molar-refractivity contribution in [1.29, 1.82) is 0 Å². The summed E-state index contributed by atoms with van der Waals surface area (Å²) in [6, 6.07) is 3.01. The van der Waals surface area contributed by atoms with Gasteiger partial charge in [0.25, 0.3) is 0 Å². The molecule has 0 fully saturated rings. The summed E-state index contributed by atoms with van der Waals surface area (Å²) in [5.41, 5.74) is 6.27. The number of carbonyl (C=O) groups excluding carboxylic acids is 1. The van der Waals surface area contributed by atoms with Gasteiger partial charge in [0.05, 0.1) is 18.2 Å². The fraction of sp³-hybridized carbons (Fsp3) is 0.462. The van der Waals surface area contributed by atoms with Gasteiger partial charge in [-0.15, -0.1) is 0 Å². The van der Waals surface area contributed by atoms with Gasteiger partial charge in [-0.1, -0.05) is 11.6 Å². The third-order valence-corrected chi connectivity index (χ3v) is 2.56. The molecule has 0 bridgehead atoms. The first-order valence-electron chi connectivity index (χ1n) is 5.91. The van der Waals surface area contributed by atoms with Crippen LogP contribution < -0.4 is 10.5 Å². The number of anilines is 1. The van der Waals surface area contributed by atoms with Gasteiger partial charge in [0.2, 0.25) is 0 Å². The van der Waals surface area contributed by atoms with E-state index in [1.54, 1.807) is 14.0 Å².